The average Bonchev–Trinajstić information content (AvgIpc) is 3.33. The molecule has 0 saturated carbocycles. The third-order valence-corrected chi connectivity index (χ3v) is 5.45. The fourth-order valence-corrected chi connectivity index (χ4v) is 3.92. The van der Waals surface area contributed by atoms with Crippen molar-refractivity contribution in [2.75, 3.05) is 11.9 Å². The number of imidazole rings is 1. The van der Waals surface area contributed by atoms with Gasteiger partial charge < -0.3 is 19.8 Å². The Morgan fingerprint density at radius 3 is 2.84 bits per heavy atom. The number of nitrogens with one attached hydrogen (secondary N) is 2. The number of fused-ring (bicyclic) bond motifs is 2. The number of halogens is 1. The molecule has 2 N–H and O–H groups in total. The van der Waals surface area contributed by atoms with E-state index in [-0.39, 0.29) is 17.8 Å². The molecule has 3 aromatic heterocycles. The summed E-state index contributed by atoms with van der Waals surface area (Å²) in [5.74, 6) is -0.344. The number of benzene rings is 1. The fraction of sp³-hybridized carbons (Fsp3) is 0.273. The van der Waals surface area contributed by atoms with Crippen molar-refractivity contribution in [3.63, 3.8) is 0 Å². The predicted molar refractivity (Wildman–Crippen MR) is 114 cm³/mol. The topological polar surface area (TPSA) is 93.4 Å². The van der Waals surface area contributed by atoms with Gasteiger partial charge in [0.05, 0.1) is 16.9 Å². The molecule has 4 aromatic rings. The molecule has 8 nitrogen and oxygen atoms in total. The molecular formula is C22H21FN6O2. The SMILES string of the molecule is Cc1cn2cc(NC(=O)c3ccc(O[C@@H]4CCN[C@H]4C)c4nccnc34)cc(F)c2n1. The van der Waals surface area contributed by atoms with Crippen molar-refractivity contribution >= 4 is 28.3 Å². The van der Waals surface area contributed by atoms with Crippen LogP contribution in [0.3, 0.4) is 0 Å². The van der Waals surface area contributed by atoms with E-state index in [1.165, 1.54) is 12.3 Å². The van der Waals surface area contributed by atoms with E-state index >= 15 is 0 Å². The van der Waals surface area contributed by atoms with E-state index in [0.29, 0.717) is 33.7 Å². The zero-order valence-electron chi connectivity index (χ0n) is 17.1. The first-order valence-electron chi connectivity index (χ1n) is 10.1. The Kier molecular flexibility index (Phi) is 4.74. The van der Waals surface area contributed by atoms with E-state index in [9.17, 15) is 9.18 Å². The number of aryl methyl sites for hydroxylation is 1. The minimum absolute atomic E-state index is 0.0261. The fourth-order valence-electron chi connectivity index (χ4n) is 3.92. The molecule has 1 saturated heterocycles. The summed E-state index contributed by atoms with van der Waals surface area (Å²) in [6, 6.07) is 4.87. The number of ether oxygens (including phenoxy) is 1. The molecule has 1 amide bonds. The van der Waals surface area contributed by atoms with Crippen molar-refractivity contribution in [2.45, 2.75) is 32.4 Å². The Balaban J connectivity index is 1.47. The highest BCUT2D eigenvalue weighted by atomic mass is 19.1. The number of nitrogens with zero attached hydrogens (tertiary/aromatic N) is 4. The van der Waals surface area contributed by atoms with Gasteiger partial charge in [-0.3, -0.25) is 9.78 Å². The molecule has 9 heteroatoms. The summed E-state index contributed by atoms with van der Waals surface area (Å²) in [4.78, 5) is 25.9. The first-order chi connectivity index (χ1) is 15.0. The minimum atomic E-state index is -0.515. The maximum absolute atomic E-state index is 14.4. The van der Waals surface area contributed by atoms with Gasteiger partial charge >= 0.3 is 0 Å². The summed E-state index contributed by atoms with van der Waals surface area (Å²) in [7, 11) is 0. The Labute approximate surface area is 177 Å². The van der Waals surface area contributed by atoms with Crippen LogP contribution < -0.4 is 15.4 Å². The van der Waals surface area contributed by atoms with Crippen molar-refractivity contribution < 1.29 is 13.9 Å². The van der Waals surface area contributed by atoms with Crippen molar-refractivity contribution in [3.05, 3.63) is 60.1 Å². The maximum atomic E-state index is 14.4. The van der Waals surface area contributed by atoms with E-state index in [1.54, 1.807) is 42.0 Å². The standard InChI is InChI=1S/C22H21FN6O2/c1-12-10-29-11-14(9-16(23)21(29)27-12)28-22(30)15-3-4-18(20-19(15)25-7-8-26-20)31-17-5-6-24-13(17)2/h3-4,7-11,13,17,24H,5-6H2,1-2H3,(H,28,30)/t13-,17+/m0/s1. The van der Waals surface area contributed by atoms with Gasteiger partial charge in [0.2, 0.25) is 0 Å². The molecule has 1 aliphatic rings. The molecule has 0 spiro atoms. The summed E-state index contributed by atoms with van der Waals surface area (Å²) < 4.78 is 22.1. The zero-order valence-corrected chi connectivity index (χ0v) is 17.1. The monoisotopic (exact) mass is 420 g/mol. The van der Waals surface area contributed by atoms with E-state index in [0.717, 1.165) is 13.0 Å². The third-order valence-electron chi connectivity index (χ3n) is 5.45. The number of hydrogen-bond acceptors (Lipinski definition) is 6. The minimum Gasteiger partial charge on any atom is -0.486 e. The second kappa shape index (κ2) is 7.59. The largest absolute Gasteiger partial charge is 0.486 e. The van der Waals surface area contributed by atoms with Crippen LogP contribution in [-0.2, 0) is 0 Å². The number of aromatic nitrogens is 4. The van der Waals surface area contributed by atoms with Crippen LogP contribution in [0, 0.1) is 12.7 Å². The van der Waals surface area contributed by atoms with Gasteiger partial charge in [-0.1, -0.05) is 0 Å². The molecule has 4 heterocycles. The summed E-state index contributed by atoms with van der Waals surface area (Å²) in [6.07, 6.45) is 7.34. The molecular weight excluding hydrogens is 399 g/mol. The van der Waals surface area contributed by atoms with Crippen LogP contribution in [-0.4, -0.2) is 44.0 Å². The molecule has 0 radical (unpaired) electrons. The molecule has 1 fully saturated rings. The molecule has 158 valence electrons. The van der Waals surface area contributed by atoms with Crippen LogP contribution in [0.15, 0.2) is 43.0 Å². The zero-order chi connectivity index (χ0) is 21.5. The van der Waals surface area contributed by atoms with Crippen LogP contribution in [0.1, 0.15) is 29.4 Å². The lowest BCUT2D eigenvalue weighted by atomic mass is 10.1. The first-order valence-corrected chi connectivity index (χ1v) is 10.1. The van der Waals surface area contributed by atoms with Gasteiger partial charge in [-0.15, -0.1) is 0 Å². The van der Waals surface area contributed by atoms with Crippen molar-refractivity contribution in [1.29, 1.82) is 0 Å². The maximum Gasteiger partial charge on any atom is 0.257 e. The van der Waals surface area contributed by atoms with Gasteiger partial charge in [0.25, 0.3) is 5.91 Å². The lowest BCUT2D eigenvalue weighted by Gasteiger charge is -2.19. The molecule has 2 atom stereocenters. The highest BCUT2D eigenvalue weighted by Crippen LogP contribution is 2.28. The number of anilines is 1. The lowest BCUT2D eigenvalue weighted by molar-refractivity contribution is 0.102. The second-order valence-corrected chi connectivity index (χ2v) is 7.70. The highest BCUT2D eigenvalue weighted by Gasteiger charge is 2.26. The average molecular weight is 420 g/mol. The summed E-state index contributed by atoms with van der Waals surface area (Å²) in [5.41, 5.74) is 2.48. The Morgan fingerprint density at radius 1 is 1.26 bits per heavy atom. The lowest BCUT2D eigenvalue weighted by Crippen LogP contribution is -2.30. The van der Waals surface area contributed by atoms with Crippen LogP contribution in [0.4, 0.5) is 10.1 Å². The third kappa shape index (κ3) is 3.57. The molecule has 5 rings (SSSR count). The highest BCUT2D eigenvalue weighted by molar-refractivity contribution is 6.12. The number of carbonyl (C=O) groups excluding carboxylic acids is 1. The van der Waals surface area contributed by atoms with Gasteiger partial charge in [0.15, 0.2) is 11.5 Å². The van der Waals surface area contributed by atoms with Crippen LogP contribution >= 0.6 is 0 Å². The van der Waals surface area contributed by atoms with Gasteiger partial charge in [-0.2, -0.15) is 0 Å². The molecule has 0 unspecified atom stereocenters. The molecule has 1 aliphatic heterocycles. The Morgan fingerprint density at radius 2 is 2.06 bits per heavy atom. The smallest absolute Gasteiger partial charge is 0.257 e. The number of amides is 1. The summed E-state index contributed by atoms with van der Waals surface area (Å²) in [5, 5.41) is 6.10. The number of pyridine rings is 1. The van der Waals surface area contributed by atoms with E-state index in [4.69, 9.17) is 4.74 Å². The Hall–Kier alpha value is -3.59. The molecule has 31 heavy (non-hydrogen) atoms. The van der Waals surface area contributed by atoms with Gasteiger partial charge in [0, 0.05) is 36.9 Å². The normalized spacial score (nSPS) is 18.5. The van der Waals surface area contributed by atoms with E-state index in [1.807, 2.05) is 0 Å². The van der Waals surface area contributed by atoms with Crippen molar-refractivity contribution in [1.82, 2.24) is 24.7 Å². The molecule has 0 aliphatic carbocycles. The number of hydrogen-bond donors (Lipinski definition) is 2. The van der Waals surface area contributed by atoms with Gasteiger partial charge in [-0.05, 0) is 38.9 Å². The summed E-state index contributed by atoms with van der Waals surface area (Å²) in [6.45, 7) is 4.75. The number of carbonyl (C=O) groups is 1. The van der Waals surface area contributed by atoms with E-state index < -0.39 is 11.7 Å². The second-order valence-electron chi connectivity index (χ2n) is 7.70. The van der Waals surface area contributed by atoms with E-state index in [2.05, 4.69) is 32.5 Å². The van der Waals surface area contributed by atoms with Crippen LogP contribution in [0.2, 0.25) is 0 Å². The quantitative estimate of drug-likeness (QED) is 0.527. The van der Waals surface area contributed by atoms with Gasteiger partial charge in [0.1, 0.15) is 22.9 Å². The van der Waals surface area contributed by atoms with Crippen LogP contribution in [0.5, 0.6) is 5.75 Å². The first kappa shape index (κ1) is 19.4. The number of rotatable bonds is 4. The molecule has 1 aromatic carbocycles. The van der Waals surface area contributed by atoms with Crippen LogP contribution in [0.25, 0.3) is 16.7 Å². The Bertz CT molecular complexity index is 1300. The van der Waals surface area contributed by atoms with Crippen molar-refractivity contribution in [3.8, 4) is 5.75 Å². The van der Waals surface area contributed by atoms with Crippen molar-refractivity contribution in [2.24, 2.45) is 0 Å². The molecule has 0 bridgehead atoms. The predicted octanol–water partition coefficient (Wildman–Crippen LogP) is 3.11. The summed E-state index contributed by atoms with van der Waals surface area (Å²) >= 11 is 0. The van der Waals surface area contributed by atoms with Gasteiger partial charge in [-0.25, -0.2) is 14.4 Å².